The first-order chi connectivity index (χ1) is 10.6. The van der Waals surface area contributed by atoms with E-state index in [-0.39, 0.29) is 0 Å². The van der Waals surface area contributed by atoms with Crippen LogP contribution in [0.5, 0.6) is 0 Å². The summed E-state index contributed by atoms with van der Waals surface area (Å²) >= 11 is 0. The first kappa shape index (κ1) is 17.3. The molecule has 2 N–H and O–H groups in total. The molecule has 0 saturated heterocycles. The maximum absolute atomic E-state index is 9.18. The second-order valence-electron chi connectivity index (χ2n) is 3.17. The van der Waals surface area contributed by atoms with Crippen LogP contribution in [0.2, 0.25) is 0 Å². The Labute approximate surface area is 124 Å². The Morgan fingerprint density at radius 3 is 1.18 bits per heavy atom. The standard InChI is InChI=1S/C14H2N8/c15-1-9(2-16)12(7-21)13(8-22)14(10(3-17)4-18)11(5-19)6-20/h17,19H. The number of nitriles is 6. The maximum atomic E-state index is 9.18. The predicted octanol–water partition coefficient (Wildman–Crippen LogP) is 1.07. The summed E-state index contributed by atoms with van der Waals surface area (Å²) in [5.41, 5.74) is -3.83. The zero-order valence-electron chi connectivity index (χ0n) is 10.7. The first-order valence-corrected chi connectivity index (χ1v) is 5.09. The van der Waals surface area contributed by atoms with Crippen LogP contribution in [0.15, 0.2) is 33.4 Å². The number of rotatable bonds is 3. The van der Waals surface area contributed by atoms with Gasteiger partial charge in [0.25, 0.3) is 0 Å². The normalized spacial score (nSPS) is 6.82. The zero-order chi connectivity index (χ0) is 17.1. The van der Waals surface area contributed by atoms with E-state index in [4.69, 9.17) is 37.1 Å². The van der Waals surface area contributed by atoms with Gasteiger partial charge in [-0.2, -0.15) is 31.6 Å². The molecule has 0 amide bonds. The molecule has 0 radical (unpaired) electrons. The third-order valence-corrected chi connectivity index (χ3v) is 2.17. The minimum atomic E-state index is -0.707. The molecule has 0 aromatic heterocycles. The molecule has 8 heteroatoms. The van der Waals surface area contributed by atoms with Crippen molar-refractivity contribution in [1.82, 2.24) is 0 Å². The van der Waals surface area contributed by atoms with E-state index in [1.165, 1.54) is 36.4 Å². The maximum Gasteiger partial charge on any atom is 0.148 e. The van der Waals surface area contributed by atoms with Crippen molar-refractivity contribution >= 4 is 11.7 Å². The second-order valence-corrected chi connectivity index (χ2v) is 3.17. The van der Waals surface area contributed by atoms with Gasteiger partial charge in [0.15, 0.2) is 0 Å². The molecule has 0 atom stereocenters. The van der Waals surface area contributed by atoms with Gasteiger partial charge in [0.2, 0.25) is 0 Å². The van der Waals surface area contributed by atoms with Crippen LogP contribution in [0, 0.1) is 78.8 Å². The van der Waals surface area contributed by atoms with Gasteiger partial charge in [-0.15, -0.1) is 0 Å². The second kappa shape index (κ2) is 8.43. The Hall–Kier alpha value is -4.68. The van der Waals surface area contributed by atoms with Crippen molar-refractivity contribution in [2.24, 2.45) is 0 Å². The molecule has 0 aliphatic heterocycles. The number of hydrogen-bond donors (Lipinski definition) is 2. The van der Waals surface area contributed by atoms with Crippen molar-refractivity contribution in [3.8, 4) is 36.4 Å². The number of nitrogens with zero attached hydrogens (tertiary/aromatic N) is 6. The average Bonchev–Trinajstić information content (AvgIpc) is 2.56. The Bertz CT molecular complexity index is 881. The number of allylic oxidation sites excluding steroid dienone is 6. The molecule has 0 spiro atoms. The van der Waals surface area contributed by atoms with Gasteiger partial charge in [0.1, 0.15) is 53.1 Å². The average molecular weight is 282 g/mol. The van der Waals surface area contributed by atoms with Crippen molar-refractivity contribution in [3.05, 3.63) is 33.4 Å². The summed E-state index contributed by atoms with van der Waals surface area (Å²) in [6.07, 6.45) is 0. The summed E-state index contributed by atoms with van der Waals surface area (Å²) in [5, 5.41) is 67.7. The molecule has 0 aromatic carbocycles. The van der Waals surface area contributed by atoms with E-state index in [1.54, 1.807) is 11.7 Å². The van der Waals surface area contributed by atoms with E-state index in [0.717, 1.165) is 0 Å². The van der Waals surface area contributed by atoms with E-state index in [2.05, 4.69) is 0 Å². The highest BCUT2D eigenvalue weighted by Crippen LogP contribution is 2.26. The molecule has 0 aliphatic rings. The molecule has 0 aromatic rings. The number of nitrogens with one attached hydrogen (secondary N) is 2. The van der Waals surface area contributed by atoms with Crippen LogP contribution >= 0.6 is 0 Å². The molecule has 0 saturated carbocycles. The third-order valence-electron chi connectivity index (χ3n) is 2.17. The Kier molecular flexibility index (Phi) is 6.63. The van der Waals surface area contributed by atoms with Gasteiger partial charge >= 0.3 is 0 Å². The van der Waals surface area contributed by atoms with Crippen molar-refractivity contribution in [1.29, 1.82) is 42.4 Å². The van der Waals surface area contributed by atoms with Gasteiger partial charge in [-0.25, -0.2) is 0 Å². The molecule has 0 fully saturated rings. The Morgan fingerprint density at radius 1 is 0.545 bits per heavy atom. The molecule has 0 heterocycles. The van der Waals surface area contributed by atoms with Gasteiger partial charge in [0.05, 0.1) is 11.1 Å². The summed E-state index contributed by atoms with van der Waals surface area (Å²) in [7, 11) is 0. The quantitative estimate of drug-likeness (QED) is 0.441. The van der Waals surface area contributed by atoms with Crippen molar-refractivity contribution in [2.45, 2.75) is 0 Å². The van der Waals surface area contributed by atoms with Gasteiger partial charge < -0.3 is 0 Å². The minimum absolute atomic E-state index is 0.558. The fourth-order valence-corrected chi connectivity index (χ4v) is 1.28. The van der Waals surface area contributed by atoms with Crippen molar-refractivity contribution in [3.63, 3.8) is 0 Å². The molecule has 0 aliphatic carbocycles. The molecular weight excluding hydrogens is 280 g/mol. The van der Waals surface area contributed by atoms with Crippen LogP contribution in [0.3, 0.4) is 0 Å². The minimum Gasteiger partial charge on any atom is -0.258 e. The summed E-state index contributed by atoms with van der Waals surface area (Å²) in [5.74, 6) is 3.35. The molecule has 8 nitrogen and oxygen atoms in total. The van der Waals surface area contributed by atoms with E-state index in [0.29, 0.717) is 0 Å². The molecule has 0 rings (SSSR count). The molecule has 0 unspecified atom stereocenters. The van der Waals surface area contributed by atoms with Crippen LogP contribution in [0.1, 0.15) is 0 Å². The SMILES string of the molecule is N#CC(=C=N)C(C(=C=N)C#N)=C(C#N)C(C#N)=C(C#N)C#N. The van der Waals surface area contributed by atoms with Crippen LogP contribution in [0.4, 0.5) is 0 Å². The monoisotopic (exact) mass is 282 g/mol. The smallest absolute Gasteiger partial charge is 0.148 e. The predicted molar refractivity (Wildman–Crippen MR) is 70.2 cm³/mol. The van der Waals surface area contributed by atoms with E-state index < -0.39 is 33.4 Å². The van der Waals surface area contributed by atoms with Crippen LogP contribution in [-0.2, 0) is 0 Å². The highest BCUT2D eigenvalue weighted by molar-refractivity contribution is 5.85. The summed E-state index contributed by atoms with van der Waals surface area (Å²) in [6, 6.07) is 8.78. The van der Waals surface area contributed by atoms with Crippen LogP contribution < -0.4 is 0 Å². The molecular formula is C14H2N8. The topological polar surface area (TPSA) is 190 Å². The number of hydrogen-bond acceptors (Lipinski definition) is 8. The summed E-state index contributed by atoms with van der Waals surface area (Å²) in [6.45, 7) is 0. The highest BCUT2D eigenvalue weighted by Gasteiger charge is 2.23. The van der Waals surface area contributed by atoms with Crippen LogP contribution in [-0.4, -0.2) is 11.7 Å². The molecule has 98 valence electrons. The summed E-state index contributed by atoms with van der Waals surface area (Å²) in [4.78, 5) is 0. The molecule has 0 bridgehead atoms. The first-order valence-electron chi connectivity index (χ1n) is 5.09. The van der Waals surface area contributed by atoms with Gasteiger partial charge in [0, 0.05) is 5.57 Å². The lowest BCUT2D eigenvalue weighted by Crippen LogP contribution is -2.02. The summed E-state index contributed by atoms with van der Waals surface area (Å²) < 4.78 is 0. The lowest BCUT2D eigenvalue weighted by Gasteiger charge is -2.04. The highest BCUT2D eigenvalue weighted by atomic mass is 14.4. The van der Waals surface area contributed by atoms with E-state index in [9.17, 15) is 5.26 Å². The van der Waals surface area contributed by atoms with Crippen molar-refractivity contribution < 1.29 is 0 Å². The fourth-order valence-electron chi connectivity index (χ4n) is 1.28. The zero-order valence-corrected chi connectivity index (χ0v) is 10.7. The Morgan fingerprint density at radius 2 is 0.955 bits per heavy atom. The van der Waals surface area contributed by atoms with E-state index in [1.807, 2.05) is 0 Å². The third kappa shape index (κ3) is 3.20. The fraction of sp³-hybridized carbons (Fsp3) is 0. The lowest BCUT2D eigenvalue weighted by molar-refractivity contribution is 1.34. The molecule has 22 heavy (non-hydrogen) atoms. The van der Waals surface area contributed by atoms with Crippen LogP contribution in [0.25, 0.3) is 0 Å². The van der Waals surface area contributed by atoms with Crippen molar-refractivity contribution in [2.75, 3.05) is 0 Å². The van der Waals surface area contributed by atoms with Gasteiger partial charge in [-0.3, -0.25) is 10.8 Å². The lowest BCUT2D eigenvalue weighted by atomic mass is 9.90. The van der Waals surface area contributed by atoms with Gasteiger partial charge in [-0.05, 0) is 11.7 Å². The van der Waals surface area contributed by atoms with Gasteiger partial charge in [-0.1, -0.05) is 0 Å². The largest absolute Gasteiger partial charge is 0.258 e. The van der Waals surface area contributed by atoms with E-state index >= 15 is 0 Å². The Balaban J connectivity index is 7.36.